The zero-order chi connectivity index (χ0) is 18.8. The third kappa shape index (κ3) is 3.70. The van der Waals surface area contributed by atoms with Crippen LogP contribution in [0.3, 0.4) is 0 Å². The molecule has 2 aromatic rings. The molecule has 2 unspecified atom stereocenters. The zero-order valence-corrected chi connectivity index (χ0v) is 16.4. The van der Waals surface area contributed by atoms with Crippen LogP contribution in [0, 0.1) is 11.8 Å². The van der Waals surface area contributed by atoms with Gasteiger partial charge in [-0.25, -0.2) is 0 Å². The second kappa shape index (κ2) is 8.04. The van der Waals surface area contributed by atoms with Gasteiger partial charge in [-0.15, -0.1) is 0 Å². The lowest BCUT2D eigenvalue weighted by Crippen LogP contribution is -2.17. The monoisotopic (exact) mass is 375 g/mol. The highest BCUT2D eigenvalue weighted by Gasteiger charge is 2.24. The number of rotatable bonds is 4. The molecule has 1 aromatic carbocycles. The maximum atomic E-state index is 5.58. The van der Waals surface area contributed by atoms with E-state index in [1.54, 1.807) is 0 Å². The SMILES string of the molecule is C1=CC(C2CCCCC2)CC=C1c1nc(-c2ccc(C3CCCN3)cc2)no1. The highest BCUT2D eigenvalue weighted by molar-refractivity contribution is 5.70. The molecule has 2 aliphatic carbocycles. The van der Waals surface area contributed by atoms with Gasteiger partial charge in [-0.05, 0) is 56.0 Å². The first-order valence-corrected chi connectivity index (χ1v) is 10.9. The first kappa shape index (κ1) is 17.9. The molecule has 0 bridgehead atoms. The Bertz CT molecular complexity index is 852. The van der Waals surface area contributed by atoms with Gasteiger partial charge >= 0.3 is 0 Å². The number of allylic oxidation sites excluding steroid dienone is 4. The fourth-order valence-corrected chi connectivity index (χ4v) is 5.00. The number of nitrogens with one attached hydrogen (secondary N) is 1. The van der Waals surface area contributed by atoms with E-state index in [0.717, 1.165) is 30.0 Å². The average Bonchev–Trinajstić information content (AvgIpc) is 3.47. The van der Waals surface area contributed by atoms with Crippen LogP contribution in [0.1, 0.15) is 68.9 Å². The summed E-state index contributed by atoms with van der Waals surface area (Å²) < 4.78 is 5.58. The Hall–Kier alpha value is -2.20. The normalized spacial score (nSPS) is 25.8. The second-order valence-electron chi connectivity index (χ2n) is 8.51. The lowest BCUT2D eigenvalue weighted by molar-refractivity contribution is 0.286. The van der Waals surface area contributed by atoms with Gasteiger partial charge in [0.1, 0.15) is 0 Å². The zero-order valence-electron chi connectivity index (χ0n) is 16.4. The van der Waals surface area contributed by atoms with Gasteiger partial charge in [-0.3, -0.25) is 0 Å². The molecule has 1 aromatic heterocycles. The van der Waals surface area contributed by atoms with E-state index in [1.165, 1.54) is 50.5 Å². The summed E-state index contributed by atoms with van der Waals surface area (Å²) in [6.45, 7) is 1.12. The van der Waals surface area contributed by atoms with E-state index >= 15 is 0 Å². The maximum absolute atomic E-state index is 5.58. The van der Waals surface area contributed by atoms with Gasteiger partial charge in [0, 0.05) is 17.2 Å². The second-order valence-corrected chi connectivity index (χ2v) is 8.51. The topological polar surface area (TPSA) is 51.0 Å². The van der Waals surface area contributed by atoms with E-state index < -0.39 is 0 Å². The first-order chi connectivity index (χ1) is 13.9. The van der Waals surface area contributed by atoms with Crippen molar-refractivity contribution in [1.29, 1.82) is 0 Å². The molecule has 4 heteroatoms. The summed E-state index contributed by atoms with van der Waals surface area (Å²) in [6, 6.07) is 9.07. The predicted molar refractivity (Wildman–Crippen MR) is 112 cm³/mol. The molecule has 0 amide bonds. The van der Waals surface area contributed by atoms with Crippen molar-refractivity contribution in [2.24, 2.45) is 11.8 Å². The van der Waals surface area contributed by atoms with Crippen LogP contribution in [0.5, 0.6) is 0 Å². The molecule has 146 valence electrons. The van der Waals surface area contributed by atoms with Crippen LogP contribution in [0.4, 0.5) is 0 Å². The maximum Gasteiger partial charge on any atom is 0.257 e. The van der Waals surface area contributed by atoms with Crippen LogP contribution >= 0.6 is 0 Å². The Kier molecular flexibility index (Phi) is 5.13. The Morgan fingerprint density at radius 2 is 1.82 bits per heavy atom. The fraction of sp³-hybridized carbons (Fsp3) is 0.500. The quantitative estimate of drug-likeness (QED) is 0.744. The molecule has 1 saturated carbocycles. The number of benzene rings is 1. The van der Waals surface area contributed by atoms with Crippen molar-refractivity contribution in [3.63, 3.8) is 0 Å². The summed E-state index contributed by atoms with van der Waals surface area (Å²) in [7, 11) is 0. The fourth-order valence-electron chi connectivity index (χ4n) is 5.00. The van der Waals surface area contributed by atoms with Gasteiger partial charge in [0.2, 0.25) is 5.82 Å². The van der Waals surface area contributed by atoms with E-state index in [1.807, 2.05) is 0 Å². The van der Waals surface area contributed by atoms with Crippen LogP contribution in [0.25, 0.3) is 17.0 Å². The van der Waals surface area contributed by atoms with Crippen LogP contribution in [-0.2, 0) is 0 Å². The van der Waals surface area contributed by atoms with E-state index in [2.05, 4.69) is 58.0 Å². The van der Waals surface area contributed by atoms with Crippen molar-refractivity contribution in [1.82, 2.24) is 15.5 Å². The van der Waals surface area contributed by atoms with Gasteiger partial charge < -0.3 is 9.84 Å². The van der Waals surface area contributed by atoms with Crippen molar-refractivity contribution >= 4 is 5.57 Å². The molecule has 4 nitrogen and oxygen atoms in total. The first-order valence-electron chi connectivity index (χ1n) is 10.9. The third-order valence-electron chi connectivity index (χ3n) is 6.69. The summed E-state index contributed by atoms with van der Waals surface area (Å²) >= 11 is 0. The summed E-state index contributed by atoms with van der Waals surface area (Å²) in [6.07, 6.45) is 17.4. The molecule has 2 heterocycles. The summed E-state index contributed by atoms with van der Waals surface area (Å²) in [5.74, 6) is 2.84. The van der Waals surface area contributed by atoms with E-state index in [-0.39, 0.29) is 0 Å². The molecule has 2 fully saturated rings. The molecule has 0 radical (unpaired) electrons. The minimum absolute atomic E-state index is 0.490. The predicted octanol–water partition coefficient (Wildman–Crippen LogP) is 5.70. The Labute approximate surface area is 167 Å². The van der Waals surface area contributed by atoms with E-state index in [0.29, 0.717) is 23.7 Å². The van der Waals surface area contributed by atoms with E-state index in [4.69, 9.17) is 4.52 Å². The number of nitrogens with zero attached hydrogens (tertiary/aromatic N) is 2. The van der Waals surface area contributed by atoms with Crippen LogP contribution in [0.15, 0.2) is 47.0 Å². The summed E-state index contributed by atoms with van der Waals surface area (Å²) in [4.78, 5) is 4.66. The number of aromatic nitrogens is 2. The lowest BCUT2D eigenvalue weighted by Gasteiger charge is -2.29. The minimum atomic E-state index is 0.490. The summed E-state index contributed by atoms with van der Waals surface area (Å²) in [5, 5.41) is 7.76. The molecule has 3 aliphatic rings. The smallest absolute Gasteiger partial charge is 0.257 e. The molecule has 1 N–H and O–H groups in total. The number of hydrogen-bond acceptors (Lipinski definition) is 4. The Morgan fingerprint density at radius 3 is 2.54 bits per heavy atom. The number of hydrogen-bond donors (Lipinski definition) is 1. The van der Waals surface area contributed by atoms with Crippen LogP contribution in [-0.4, -0.2) is 16.7 Å². The molecule has 1 aliphatic heterocycles. The minimum Gasteiger partial charge on any atom is -0.334 e. The molecular formula is C24H29N3O. The van der Waals surface area contributed by atoms with Gasteiger partial charge in [0.15, 0.2) is 0 Å². The highest BCUT2D eigenvalue weighted by atomic mass is 16.5. The Morgan fingerprint density at radius 1 is 0.964 bits per heavy atom. The third-order valence-corrected chi connectivity index (χ3v) is 6.69. The standard InChI is InChI=1S/C24H29N3O/c1-2-5-17(6-3-1)18-8-14-21(15-9-18)24-26-23(27-28-24)20-12-10-19(11-13-20)22-7-4-16-25-22/h8,10-15,17-18,22,25H,1-7,9,16H2. The van der Waals surface area contributed by atoms with Gasteiger partial charge in [-0.2, -0.15) is 4.98 Å². The highest BCUT2D eigenvalue weighted by Crippen LogP contribution is 2.36. The van der Waals surface area contributed by atoms with Crippen LogP contribution < -0.4 is 5.32 Å². The van der Waals surface area contributed by atoms with E-state index in [9.17, 15) is 0 Å². The molecule has 0 spiro atoms. The van der Waals surface area contributed by atoms with Gasteiger partial charge in [0.25, 0.3) is 5.89 Å². The van der Waals surface area contributed by atoms with Crippen molar-refractivity contribution in [2.45, 2.75) is 57.4 Å². The molecule has 1 saturated heterocycles. The van der Waals surface area contributed by atoms with Gasteiger partial charge in [-0.1, -0.05) is 66.9 Å². The summed E-state index contributed by atoms with van der Waals surface area (Å²) in [5.41, 5.74) is 3.42. The lowest BCUT2D eigenvalue weighted by atomic mass is 9.77. The van der Waals surface area contributed by atoms with Crippen molar-refractivity contribution in [3.8, 4) is 11.4 Å². The molecular weight excluding hydrogens is 346 g/mol. The average molecular weight is 376 g/mol. The molecule has 5 rings (SSSR count). The molecule has 28 heavy (non-hydrogen) atoms. The Balaban J connectivity index is 1.26. The molecule has 2 atom stereocenters. The van der Waals surface area contributed by atoms with Crippen LogP contribution in [0.2, 0.25) is 0 Å². The van der Waals surface area contributed by atoms with Crippen molar-refractivity contribution in [3.05, 3.63) is 53.9 Å². The van der Waals surface area contributed by atoms with Crippen molar-refractivity contribution < 1.29 is 4.52 Å². The van der Waals surface area contributed by atoms with Gasteiger partial charge in [0.05, 0.1) is 0 Å². The van der Waals surface area contributed by atoms with Crippen molar-refractivity contribution in [2.75, 3.05) is 6.54 Å². The largest absolute Gasteiger partial charge is 0.334 e.